The summed E-state index contributed by atoms with van der Waals surface area (Å²) >= 11 is 0. The average Bonchev–Trinajstić information content (AvgIpc) is 3.38. The number of benzene rings is 2. The molecule has 1 fully saturated rings. The van der Waals surface area contributed by atoms with Crippen molar-refractivity contribution >= 4 is 19.9 Å². The van der Waals surface area contributed by atoms with Gasteiger partial charge in [-0.25, -0.2) is 16.8 Å². The lowest BCUT2D eigenvalue weighted by molar-refractivity contribution is 0.398. The van der Waals surface area contributed by atoms with Crippen LogP contribution in [0.2, 0.25) is 0 Å². The zero-order valence-electron chi connectivity index (χ0n) is 14.2. The number of sulfone groups is 1. The van der Waals surface area contributed by atoms with E-state index in [4.69, 9.17) is 0 Å². The lowest BCUT2D eigenvalue weighted by atomic mass is 10.1. The lowest BCUT2D eigenvalue weighted by Crippen LogP contribution is -2.32. The molecule has 1 aliphatic rings. The molecule has 2 aromatic rings. The zero-order valence-corrected chi connectivity index (χ0v) is 15.8. The Morgan fingerprint density at radius 3 is 1.88 bits per heavy atom. The Morgan fingerprint density at radius 1 is 0.880 bits per heavy atom. The van der Waals surface area contributed by atoms with Gasteiger partial charge in [-0.2, -0.15) is 4.31 Å². The third-order valence-electron chi connectivity index (χ3n) is 4.27. The van der Waals surface area contributed by atoms with Crippen LogP contribution in [0.3, 0.4) is 0 Å². The van der Waals surface area contributed by atoms with Crippen molar-refractivity contribution in [2.24, 2.45) is 0 Å². The highest BCUT2D eigenvalue weighted by Gasteiger charge is 2.38. The first kappa shape index (κ1) is 18.1. The molecule has 0 radical (unpaired) electrons. The molecule has 0 bridgehead atoms. The molecule has 3 rings (SSSR count). The Balaban J connectivity index is 1.91. The van der Waals surface area contributed by atoms with E-state index in [1.54, 1.807) is 0 Å². The highest BCUT2D eigenvalue weighted by Crippen LogP contribution is 2.33. The van der Waals surface area contributed by atoms with Crippen molar-refractivity contribution < 1.29 is 16.8 Å². The van der Waals surface area contributed by atoms with Crippen LogP contribution in [0.15, 0.2) is 58.3 Å². The predicted molar refractivity (Wildman–Crippen MR) is 96.5 cm³/mol. The van der Waals surface area contributed by atoms with Crippen LogP contribution >= 0.6 is 0 Å². The second-order valence-electron chi connectivity index (χ2n) is 6.51. The Kier molecular flexibility index (Phi) is 4.74. The van der Waals surface area contributed by atoms with Gasteiger partial charge >= 0.3 is 0 Å². The minimum Gasteiger partial charge on any atom is -0.224 e. The Labute approximate surface area is 149 Å². The highest BCUT2D eigenvalue weighted by atomic mass is 32.2. The van der Waals surface area contributed by atoms with E-state index in [2.05, 4.69) is 0 Å². The number of sulfonamides is 1. The fourth-order valence-electron chi connectivity index (χ4n) is 2.64. The van der Waals surface area contributed by atoms with Crippen molar-refractivity contribution in [2.75, 3.05) is 6.26 Å². The first-order valence-electron chi connectivity index (χ1n) is 8.05. The Bertz CT molecular complexity index is 959. The SMILES string of the molecule is Cc1ccc(CN(C2CC2)S(=O)(=O)c2ccc(S(C)(=O)=O)cc2)cc1. The molecule has 2 aromatic carbocycles. The van der Waals surface area contributed by atoms with Crippen molar-refractivity contribution in [1.82, 2.24) is 4.31 Å². The molecule has 5 nitrogen and oxygen atoms in total. The molecule has 25 heavy (non-hydrogen) atoms. The second kappa shape index (κ2) is 6.55. The van der Waals surface area contributed by atoms with Gasteiger partial charge in [-0.3, -0.25) is 0 Å². The molecular formula is C18H21NO4S2. The number of nitrogens with zero attached hydrogens (tertiary/aromatic N) is 1. The molecule has 0 aliphatic heterocycles. The summed E-state index contributed by atoms with van der Waals surface area (Å²) in [5.41, 5.74) is 2.06. The van der Waals surface area contributed by atoms with Crippen LogP contribution in [0.5, 0.6) is 0 Å². The van der Waals surface area contributed by atoms with Gasteiger partial charge in [-0.15, -0.1) is 0 Å². The molecule has 1 saturated carbocycles. The zero-order chi connectivity index (χ0) is 18.2. The van der Waals surface area contributed by atoms with Crippen molar-refractivity contribution in [3.63, 3.8) is 0 Å². The van der Waals surface area contributed by atoms with Crippen LogP contribution in [-0.2, 0) is 26.4 Å². The number of aryl methyl sites for hydroxylation is 1. The first-order chi connectivity index (χ1) is 11.7. The van der Waals surface area contributed by atoms with Crippen molar-refractivity contribution in [3.8, 4) is 0 Å². The van der Waals surface area contributed by atoms with E-state index < -0.39 is 19.9 Å². The molecule has 7 heteroatoms. The minimum atomic E-state index is -3.67. The first-order valence-corrected chi connectivity index (χ1v) is 11.4. The van der Waals surface area contributed by atoms with Gasteiger partial charge in [0.1, 0.15) is 0 Å². The standard InChI is InChI=1S/C18H21NO4S2/c1-14-3-5-15(6-4-14)13-19(16-7-8-16)25(22,23)18-11-9-17(10-12-18)24(2,20)21/h3-6,9-12,16H,7-8,13H2,1-2H3. The van der Waals surface area contributed by atoms with Crippen molar-refractivity contribution in [3.05, 3.63) is 59.7 Å². The maximum absolute atomic E-state index is 13.0. The van der Waals surface area contributed by atoms with E-state index in [0.29, 0.717) is 6.54 Å². The molecule has 0 N–H and O–H groups in total. The molecule has 1 aliphatic carbocycles. The summed E-state index contributed by atoms with van der Waals surface area (Å²) in [5.74, 6) is 0. The monoisotopic (exact) mass is 379 g/mol. The van der Waals surface area contributed by atoms with Gasteiger partial charge < -0.3 is 0 Å². The highest BCUT2D eigenvalue weighted by molar-refractivity contribution is 7.90. The summed E-state index contributed by atoms with van der Waals surface area (Å²) < 4.78 is 50.7. The summed E-state index contributed by atoms with van der Waals surface area (Å²) in [4.78, 5) is 0.238. The third kappa shape index (κ3) is 4.11. The van der Waals surface area contributed by atoms with E-state index in [-0.39, 0.29) is 15.8 Å². The maximum atomic E-state index is 13.0. The molecule has 0 heterocycles. The fraction of sp³-hybridized carbons (Fsp3) is 0.333. The molecule has 0 spiro atoms. The Morgan fingerprint density at radius 2 is 1.40 bits per heavy atom. The normalized spacial score (nSPS) is 15.5. The van der Waals surface area contributed by atoms with E-state index >= 15 is 0 Å². The van der Waals surface area contributed by atoms with Gasteiger partial charge in [0, 0.05) is 18.8 Å². The van der Waals surface area contributed by atoms with E-state index in [9.17, 15) is 16.8 Å². The van der Waals surface area contributed by atoms with E-state index in [0.717, 1.165) is 30.2 Å². The number of hydrogen-bond acceptors (Lipinski definition) is 4. The molecule has 0 amide bonds. The van der Waals surface area contributed by atoms with Crippen molar-refractivity contribution in [2.45, 2.75) is 42.1 Å². The van der Waals surface area contributed by atoms with Crippen LogP contribution in [0.1, 0.15) is 24.0 Å². The van der Waals surface area contributed by atoms with Gasteiger partial charge in [0.25, 0.3) is 0 Å². The molecule has 0 atom stereocenters. The van der Waals surface area contributed by atoms with Crippen molar-refractivity contribution in [1.29, 1.82) is 0 Å². The van der Waals surface area contributed by atoms with Crippen LogP contribution in [-0.4, -0.2) is 33.4 Å². The topological polar surface area (TPSA) is 71.5 Å². The van der Waals surface area contributed by atoms with Crippen LogP contribution in [0.25, 0.3) is 0 Å². The molecule has 134 valence electrons. The predicted octanol–water partition coefficient (Wildman–Crippen LogP) is 2.75. The Hall–Kier alpha value is -1.70. The van der Waals surface area contributed by atoms with E-state index in [1.807, 2.05) is 31.2 Å². The number of rotatable bonds is 6. The van der Waals surface area contributed by atoms with Gasteiger partial charge in [0.2, 0.25) is 10.0 Å². The average molecular weight is 380 g/mol. The third-order valence-corrected chi connectivity index (χ3v) is 7.31. The lowest BCUT2D eigenvalue weighted by Gasteiger charge is -2.22. The van der Waals surface area contributed by atoms with E-state index in [1.165, 1.54) is 28.6 Å². The molecule has 0 aromatic heterocycles. The van der Waals surface area contributed by atoms with Crippen LogP contribution in [0.4, 0.5) is 0 Å². The molecular weight excluding hydrogens is 358 g/mol. The van der Waals surface area contributed by atoms with Gasteiger partial charge in [0.05, 0.1) is 9.79 Å². The minimum absolute atomic E-state index is 0.0147. The summed E-state index contributed by atoms with van der Waals surface area (Å²) in [5, 5.41) is 0. The van der Waals surface area contributed by atoms with Crippen LogP contribution in [0, 0.1) is 6.92 Å². The quantitative estimate of drug-likeness (QED) is 0.774. The van der Waals surface area contributed by atoms with Gasteiger partial charge in [0.15, 0.2) is 9.84 Å². The van der Waals surface area contributed by atoms with Crippen LogP contribution < -0.4 is 0 Å². The maximum Gasteiger partial charge on any atom is 0.243 e. The second-order valence-corrected chi connectivity index (χ2v) is 10.4. The summed E-state index contributed by atoms with van der Waals surface area (Å²) in [6.07, 6.45) is 2.81. The van der Waals surface area contributed by atoms with Gasteiger partial charge in [-0.05, 0) is 49.6 Å². The fourth-order valence-corrected chi connectivity index (χ4v) is 4.94. The van der Waals surface area contributed by atoms with Gasteiger partial charge in [-0.1, -0.05) is 29.8 Å². The molecule has 0 unspecified atom stereocenters. The smallest absolute Gasteiger partial charge is 0.224 e. The summed E-state index contributed by atoms with van der Waals surface area (Å²) in [6, 6.07) is 13.3. The summed E-state index contributed by atoms with van der Waals surface area (Å²) in [6.45, 7) is 2.31. The number of hydrogen-bond donors (Lipinski definition) is 0. The molecule has 0 saturated heterocycles. The largest absolute Gasteiger partial charge is 0.243 e. The summed E-state index contributed by atoms with van der Waals surface area (Å²) in [7, 11) is -7.02.